The molecule has 3 rings (SSSR count). The fourth-order valence-corrected chi connectivity index (χ4v) is 4.20. The largest absolute Gasteiger partial charge is 0.317 e. The molecule has 3 N–H and O–H groups in total. The number of hydrogen-bond donors (Lipinski definition) is 2. The number of nitrogens with two attached hydrogens (primary N) is 1. The molecule has 0 radical (unpaired) electrons. The van der Waals surface area contributed by atoms with E-state index in [0.717, 1.165) is 44.1 Å². The minimum absolute atomic E-state index is 0.128. The SMILES string of the molecule is N#Cc1c(NC(=O)C2(N)CCC2)sc2c1CCCCC2. The van der Waals surface area contributed by atoms with E-state index in [0.29, 0.717) is 10.6 Å². The molecule has 1 amide bonds. The lowest BCUT2D eigenvalue weighted by atomic mass is 9.77. The molecule has 0 saturated heterocycles. The molecule has 5 heteroatoms. The number of hydrogen-bond acceptors (Lipinski definition) is 4. The van der Waals surface area contributed by atoms with Gasteiger partial charge in [-0.05, 0) is 50.5 Å². The minimum Gasteiger partial charge on any atom is -0.317 e. The third-order valence-electron chi connectivity index (χ3n) is 4.46. The van der Waals surface area contributed by atoms with E-state index in [-0.39, 0.29) is 5.91 Å². The molecule has 1 aromatic rings. The minimum atomic E-state index is -0.714. The number of thiophene rings is 1. The van der Waals surface area contributed by atoms with Gasteiger partial charge in [0.25, 0.3) is 0 Å². The van der Waals surface area contributed by atoms with Gasteiger partial charge in [0, 0.05) is 4.88 Å². The van der Waals surface area contributed by atoms with E-state index >= 15 is 0 Å². The smallest absolute Gasteiger partial charge is 0.245 e. The highest BCUT2D eigenvalue weighted by Gasteiger charge is 2.40. The van der Waals surface area contributed by atoms with Crippen molar-refractivity contribution in [1.29, 1.82) is 5.26 Å². The lowest BCUT2D eigenvalue weighted by molar-refractivity contribution is -0.123. The normalized spacial score (nSPS) is 20.2. The Kier molecular flexibility index (Phi) is 3.53. The summed E-state index contributed by atoms with van der Waals surface area (Å²) in [6, 6.07) is 2.28. The third kappa shape index (κ3) is 2.23. The molecule has 106 valence electrons. The van der Waals surface area contributed by atoms with Crippen molar-refractivity contribution in [2.24, 2.45) is 5.73 Å². The molecule has 0 bridgehead atoms. The van der Waals surface area contributed by atoms with Crippen molar-refractivity contribution in [1.82, 2.24) is 0 Å². The van der Waals surface area contributed by atoms with Crippen molar-refractivity contribution < 1.29 is 4.79 Å². The summed E-state index contributed by atoms with van der Waals surface area (Å²) in [5, 5.41) is 13.0. The molecule has 1 heterocycles. The van der Waals surface area contributed by atoms with Gasteiger partial charge in [0.15, 0.2) is 0 Å². The molecular weight excluding hydrogens is 270 g/mol. The maximum Gasteiger partial charge on any atom is 0.245 e. The van der Waals surface area contributed by atoms with Gasteiger partial charge in [0.05, 0.1) is 11.1 Å². The number of nitrogens with zero attached hydrogens (tertiary/aromatic N) is 1. The summed E-state index contributed by atoms with van der Waals surface area (Å²) < 4.78 is 0. The van der Waals surface area contributed by atoms with Crippen LogP contribution in [0.5, 0.6) is 0 Å². The zero-order valence-electron chi connectivity index (χ0n) is 11.5. The Morgan fingerprint density at radius 1 is 1.25 bits per heavy atom. The average Bonchev–Trinajstić information content (AvgIpc) is 2.57. The van der Waals surface area contributed by atoms with Crippen molar-refractivity contribution in [3.8, 4) is 6.07 Å². The predicted octanol–water partition coefficient (Wildman–Crippen LogP) is 2.71. The van der Waals surface area contributed by atoms with Crippen LogP contribution in [0.25, 0.3) is 0 Å². The van der Waals surface area contributed by atoms with Crippen LogP contribution in [0.3, 0.4) is 0 Å². The monoisotopic (exact) mass is 289 g/mol. The first-order valence-electron chi connectivity index (χ1n) is 7.29. The number of amides is 1. The van der Waals surface area contributed by atoms with Crippen LogP contribution in [0.4, 0.5) is 5.00 Å². The Labute approximate surface area is 123 Å². The summed E-state index contributed by atoms with van der Waals surface area (Å²) >= 11 is 1.57. The maximum absolute atomic E-state index is 12.2. The molecule has 2 aliphatic rings. The van der Waals surface area contributed by atoms with Crippen LogP contribution in [0, 0.1) is 11.3 Å². The van der Waals surface area contributed by atoms with E-state index in [1.807, 2.05) is 0 Å². The Morgan fingerprint density at radius 2 is 2.00 bits per heavy atom. The molecule has 2 aliphatic carbocycles. The van der Waals surface area contributed by atoms with E-state index in [9.17, 15) is 10.1 Å². The number of anilines is 1. The summed E-state index contributed by atoms with van der Waals surface area (Å²) in [7, 11) is 0. The van der Waals surface area contributed by atoms with Crippen LogP contribution in [0.1, 0.15) is 54.5 Å². The van der Waals surface area contributed by atoms with Gasteiger partial charge in [0.1, 0.15) is 11.1 Å². The van der Waals surface area contributed by atoms with Crippen LogP contribution in [-0.2, 0) is 17.6 Å². The van der Waals surface area contributed by atoms with Crippen LogP contribution in [-0.4, -0.2) is 11.4 Å². The molecule has 0 aliphatic heterocycles. The standard InChI is InChI=1S/C15H19N3OS/c16-9-11-10-5-2-1-3-6-12(10)20-13(11)18-14(19)15(17)7-4-8-15/h1-8,17H2,(H,18,19). The first kappa shape index (κ1) is 13.6. The molecule has 20 heavy (non-hydrogen) atoms. The first-order chi connectivity index (χ1) is 9.64. The van der Waals surface area contributed by atoms with Gasteiger partial charge in [-0.2, -0.15) is 5.26 Å². The van der Waals surface area contributed by atoms with Crippen molar-refractivity contribution in [3.05, 3.63) is 16.0 Å². The molecule has 0 atom stereocenters. The summed E-state index contributed by atoms with van der Waals surface area (Å²) in [5.41, 5.74) is 7.16. The number of carbonyl (C=O) groups is 1. The molecule has 0 spiro atoms. The van der Waals surface area contributed by atoms with Gasteiger partial charge >= 0.3 is 0 Å². The number of aryl methyl sites for hydroxylation is 1. The average molecular weight is 289 g/mol. The molecule has 0 aromatic carbocycles. The number of rotatable bonds is 2. The molecule has 0 unspecified atom stereocenters. The van der Waals surface area contributed by atoms with Gasteiger partial charge in [-0.1, -0.05) is 6.42 Å². The summed E-state index contributed by atoms with van der Waals surface area (Å²) in [4.78, 5) is 13.5. The van der Waals surface area contributed by atoms with E-state index in [1.165, 1.54) is 17.7 Å². The van der Waals surface area contributed by atoms with Crippen molar-refractivity contribution in [2.75, 3.05) is 5.32 Å². The Hall–Kier alpha value is -1.38. The quantitative estimate of drug-likeness (QED) is 0.822. The molecule has 1 saturated carbocycles. The number of nitrogens with one attached hydrogen (secondary N) is 1. The maximum atomic E-state index is 12.2. The Bertz CT molecular complexity index is 581. The molecule has 4 nitrogen and oxygen atoms in total. The van der Waals surface area contributed by atoms with Gasteiger partial charge in [-0.15, -0.1) is 11.3 Å². The molecule has 1 fully saturated rings. The third-order valence-corrected chi connectivity index (χ3v) is 5.67. The first-order valence-corrected chi connectivity index (χ1v) is 8.11. The fraction of sp³-hybridized carbons (Fsp3) is 0.600. The van der Waals surface area contributed by atoms with Crippen LogP contribution in [0.2, 0.25) is 0 Å². The van der Waals surface area contributed by atoms with Gasteiger partial charge in [-0.25, -0.2) is 0 Å². The van der Waals surface area contributed by atoms with Crippen LogP contribution in [0.15, 0.2) is 0 Å². The molecular formula is C15H19N3OS. The lowest BCUT2D eigenvalue weighted by Gasteiger charge is -2.35. The van der Waals surface area contributed by atoms with Gasteiger partial charge in [0.2, 0.25) is 5.91 Å². The van der Waals surface area contributed by atoms with Crippen molar-refractivity contribution >= 4 is 22.2 Å². The summed E-state index contributed by atoms with van der Waals surface area (Å²) in [5.74, 6) is -0.128. The van der Waals surface area contributed by atoms with Crippen molar-refractivity contribution in [3.63, 3.8) is 0 Å². The summed E-state index contributed by atoms with van der Waals surface area (Å²) in [6.45, 7) is 0. The highest BCUT2D eigenvalue weighted by atomic mass is 32.1. The van der Waals surface area contributed by atoms with Crippen molar-refractivity contribution in [2.45, 2.75) is 56.9 Å². The van der Waals surface area contributed by atoms with Gasteiger partial charge < -0.3 is 11.1 Å². The highest BCUT2D eigenvalue weighted by molar-refractivity contribution is 7.16. The zero-order valence-corrected chi connectivity index (χ0v) is 12.3. The number of carbonyl (C=O) groups excluding carboxylic acids is 1. The Morgan fingerprint density at radius 3 is 2.65 bits per heavy atom. The second kappa shape index (κ2) is 5.19. The summed E-state index contributed by atoms with van der Waals surface area (Å²) in [6.07, 6.45) is 8.00. The lowest BCUT2D eigenvalue weighted by Crippen LogP contribution is -2.56. The second-order valence-electron chi connectivity index (χ2n) is 5.84. The van der Waals surface area contributed by atoms with Crippen LogP contribution < -0.4 is 11.1 Å². The second-order valence-corrected chi connectivity index (χ2v) is 6.95. The molecule has 1 aromatic heterocycles. The zero-order chi connectivity index (χ0) is 14.2. The van der Waals surface area contributed by atoms with E-state index < -0.39 is 5.54 Å². The Balaban J connectivity index is 1.87. The van der Waals surface area contributed by atoms with E-state index in [2.05, 4.69) is 11.4 Å². The van der Waals surface area contributed by atoms with Gasteiger partial charge in [-0.3, -0.25) is 4.79 Å². The number of fused-ring (bicyclic) bond motifs is 1. The van der Waals surface area contributed by atoms with E-state index in [1.54, 1.807) is 11.3 Å². The highest BCUT2D eigenvalue weighted by Crippen LogP contribution is 2.38. The predicted molar refractivity (Wildman–Crippen MR) is 79.7 cm³/mol. The number of nitriles is 1. The topological polar surface area (TPSA) is 78.9 Å². The fourth-order valence-electron chi connectivity index (χ4n) is 2.96. The van der Waals surface area contributed by atoms with Crippen LogP contribution >= 0.6 is 11.3 Å². The van der Waals surface area contributed by atoms with E-state index in [4.69, 9.17) is 5.73 Å².